The first-order valence-electron chi connectivity index (χ1n) is 7.80. The minimum absolute atomic E-state index is 0.498. The van der Waals surface area contributed by atoms with Crippen molar-refractivity contribution in [3.05, 3.63) is 22.8 Å². The van der Waals surface area contributed by atoms with Crippen LogP contribution in [0.15, 0.2) is 12.3 Å². The molecule has 112 valence electrons. The Morgan fingerprint density at radius 2 is 1.95 bits per heavy atom. The predicted molar refractivity (Wildman–Crippen MR) is 84.6 cm³/mol. The van der Waals surface area contributed by atoms with Gasteiger partial charge in [-0.1, -0.05) is 11.6 Å². The molecule has 0 radical (unpaired) electrons. The molecule has 21 heavy (non-hydrogen) atoms. The minimum atomic E-state index is 0.498. The summed E-state index contributed by atoms with van der Waals surface area (Å²) in [5.74, 6) is 1.56. The lowest BCUT2D eigenvalue weighted by molar-refractivity contribution is 0.249. The Labute approximate surface area is 131 Å². The van der Waals surface area contributed by atoms with Gasteiger partial charge in [0.05, 0.1) is 5.56 Å². The molecule has 0 amide bonds. The lowest BCUT2D eigenvalue weighted by atomic mass is 9.96. The number of hydrogen-bond acceptors (Lipinski definition) is 4. The van der Waals surface area contributed by atoms with Crippen LogP contribution in [0.4, 0.5) is 5.82 Å². The number of anilines is 1. The fourth-order valence-electron chi connectivity index (χ4n) is 3.40. The van der Waals surface area contributed by atoms with Gasteiger partial charge in [0, 0.05) is 25.8 Å². The largest absolute Gasteiger partial charge is 0.355 e. The van der Waals surface area contributed by atoms with E-state index in [2.05, 4.69) is 20.9 Å². The molecule has 0 spiro atoms. The Morgan fingerprint density at radius 3 is 2.62 bits per heavy atom. The zero-order valence-corrected chi connectivity index (χ0v) is 13.0. The Kier molecular flexibility index (Phi) is 4.62. The van der Waals surface area contributed by atoms with Gasteiger partial charge < -0.3 is 9.80 Å². The van der Waals surface area contributed by atoms with Crippen LogP contribution in [0.5, 0.6) is 0 Å². The van der Waals surface area contributed by atoms with E-state index in [0.717, 1.165) is 24.8 Å². The first-order valence-corrected chi connectivity index (χ1v) is 8.17. The average molecular weight is 305 g/mol. The SMILES string of the molecule is N#Cc1ccnc(N2CCC(CN3CCCC3)CC2)c1Cl. The van der Waals surface area contributed by atoms with Gasteiger partial charge in [0.25, 0.3) is 0 Å². The second-order valence-corrected chi connectivity index (χ2v) is 6.42. The molecule has 2 aliphatic rings. The van der Waals surface area contributed by atoms with E-state index in [-0.39, 0.29) is 0 Å². The minimum Gasteiger partial charge on any atom is -0.355 e. The standard InChI is InChI=1S/C16H21ClN4/c17-15-14(11-18)3-6-19-16(15)21-9-4-13(5-10-21)12-20-7-1-2-8-20/h3,6,13H,1-2,4-5,7-10,12H2. The number of rotatable bonds is 3. The highest BCUT2D eigenvalue weighted by Gasteiger charge is 2.24. The van der Waals surface area contributed by atoms with Crippen LogP contribution in [0.3, 0.4) is 0 Å². The Hall–Kier alpha value is -1.31. The maximum absolute atomic E-state index is 9.06. The van der Waals surface area contributed by atoms with Gasteiger partial charge in [-0.3, -0.25) is 0 Å². The molecule has 2 saturated heterocycles. The molecular formula is C16H21ClN4. The maximum atomic E-state index is 9.06. The highest BCUT2D eigenvalue weighted by molar-refractivity contribution is 6.34. The number of nitriles is 1. The summed E-state index contributed by atoms with van der Waals surface area (Å²) in [6, 6.07) is 3.80. The Bertz CT molecular complexity index is 526. The van der Waals surface area contributed by atoms with E-state index in [1.54, 1.807) is 12.3 Å². The van der Waals surface area contributed by atoms with Gasteiger partial charge in [-0.15, -0.1) is 0 Å². The molecule has 0 N–H and O–H groups in total. The molecule has 0 aliphatic carbocycles. The molecule has 2 aliphatic heterocycles. The molecule has 3 heterocycles. The number of halogens is 1. The molecule has 1 aromatic rings. The molecular weight excluding hydrogens is 284 g/mol. The number of hydrogen-bond donors (Lipinski definition) is 0. The molecule has 1 aromatic heterocycles. The highest BCUT2D eigenvalue weighted by atomic mass is 35.5. The molecule has 0 unspecified atom stereocenters. The lowest BCUT2D eigenvalue weighted by Crippen LogP contribution is -2.38. The summed E-state index contributed by atoms with van der Waals surface area (Å²) in [7, 11) is 0. The number of nitrogens with zero attached hydrogens (tertiary/aromatic N) is 4. The normalized spacial score (nSPS) is 20.7. The number of likely N-dealkylation sites (tertiary alicyclic amines) is 1. The monoisotopic (exact) mass is 304 g/mol. The van der Waals surface area contributed by atoms with Crippen LogP contribution in [-0.4, -0.2) is 42.6 Å². The molecule has 0 aromatic carbocycles. The van der Waals surface area contributed by atoms with Crippen LogP contribution in [0.25, 0.3) is 0 Å². The summed E-state index contributed by atoms with van der Waals surface area (Å²) in [4.78, 5) is 9.20. The lowest BCUT2D eigenvalue weighted by Gasteiger charge is -2.34. The number of piperidine rings is 1. The van der Waals surface area contributed by atoms with Gasteiger partial charge >= 0.3 is 0 Å². The van der Waals surface area contributed by atoms with Crippen LogP contribution in [0, 0.1) is 17.2 Å². The average Bonchev–Trinajstić information content (AvgIpc) is 3.01. The highest BCUT2D eigenvalue weighted by Crippen LogP contribution is 2.30. The number of aromatic nitrogens is 1. The van der Waals surface area contributed by atoms with Crippen molar-refractivity contribution in [2.45, 2.75) is 25.7 Å². The van der Waals surface area contributed by atoms with E-state index < -0.39 is 0 Å². The third-order valence-electron chi connectivity index (χ3n) is 4.62. The second-order valence-electron chi connectivity index (χ2n) is 6.05. The van der Waals surface area contributed by atoms with Crippen LogP contribution < -0.4 is 4.90 Å². The van der Waals surface area contributed by atoms with Crippen molar-refractivity contribution in [1.29, 1.82) is 5.26 Å². The molecule has 0 bridgehead atoms. The van der Waals surface area contributed by atoms with Crippen LogP contribution >= 0.6 is 11.6 Å². The van der Waals surface area contributed by atoms with E-state index >= 15 is 0 Å². The first kappa shape index (κ1) is 14.6. The summed E-state index contributed by atoms with van der Waals surface area (Å²) >= 11 is 6.28. The first-order chi connectivity index (χ1) is 10.3. The summed E-state index contributed by atoms with van der Waals surface area (Å²) < 4.78 is 0. The molecule has 4 nitrogen and oxygen atoms in total. The van der Waals surface area contributed by atoms with Crippen LogP contribution in [0.1, 0.15) is 31.2 Å². The van der Waals surface area contributed by atoms with Gasteiger partial charge in [0.2, 0.25) is 0 Å². The van der Waals surface area contributed by atoms with Crippen molar-refractivity contribution >= 4 is 17.4 Å². The van der Waals surface area contributed by atoms with E-state index in [4.69, 9.17) is 16.9 Å². The summed E-state index contributed by atoms with van der Waals surface area (Å²) in [5, 5.41) is 9.55. The third kappa shape index (κ3) is 3.30. The smallest absolute Gasteiger partial charge is 0.148 e. The van der Waals surface area contributed by atoms with Gasteiger partial charge in [0.15, 0.2) is 0 Å². The fourth-order valence-corrected chi connectivity index (χ4v) is 3.67. The zero-order chi connectivity index (χ0) is 14.7. The molecule has 5 heteroatoms. The van der Waals surface area contributed by atoms with Crippen molar-refractivity contribution in [3.8, 4) is 6.07 Å². The Morgan fingerprint density at radius 1 is 1.24 bits per heavy atom. The number of pyridine rings is 1. The quantitative estimate of drug-likeness (QED) is 0.861. The van der Waals surface area contributed by atoms with E-state index in [1.807, 2.05) is 0 Å². The topological polar surface area (TPSA) is 43.2 Å². The van der Waals surface area contributed by atoms with Crippen molar-refractivity contribution < 1.29 is 0 Å². The van der Waals surface area contributed by atoms with Gasteiger partial charge in [-0.2, -0.15) is 5.26 Å². The van der Waals surface area contributed by atoms with Gasteiger partial charge in [-0.05, 0) is 50.8 Å². The van der Waals surface area contributed by atoms with Crippen LogP contribution in [0.2, 0.25) is 5.02 Å². The predicted octanol–water partition coefficient (Wildman–Crippen LogP) is 2.92. The molecule has 2 fully saturated rings. The van der Waals surface area contributed by atoms with Gasteiger partial charge in [0.1, 0.15) is 16.9 Å². The van der Waals surface area contributed by atoms with E-state index in [9.17, 15) is 0 Å². The third-order valence-corrected chi connectivity index (χ3v) is 4.99. The second kappa shape index (κ2) is 6.64. The molecule has 3 rings (SSSR count). The molecule has 0 saturated carbocycles. The fraction of sp³-hybridized carbons (Fsp3) is 0.625. The van der Waals surface area contributed by atoms with E-state index in [1.165, 1.54) is 45.3 Å². The zero-order valence-electron chi connectivity index (χ0n) is 12.3. The summed E-state index contributed by atoms with van der Waals surface area (Å²) in [5.41, 5.74) is 0.515. The van der Waals surface area contributed by atoms with Crippen molar-refractivity contribution in [3.63, 3.8) is 0 Å². The van der Waals surface area contributed by atoms with Crippen molar-refractivity contribution in [2.24, 2.45) is 5.92 Å². The van der Waals surface area contributed by atoms with Gasteiger partial charge in [-0.25, -0.2) is 4.98 Å². The summed E-state index contributed by atoms with van der Waals surface area (Å²) in [6.45, 7) is 5.77. The summed E-state index contributed by atoms with van der Waals surface area (Å²) in [6.07, 6.45) is 6.77. The molecule has 0 atom stereocenters. The van der Waals surface area contributed by atoms with E-state index in [0.29, 0.717) is 10.6 Å². The van der Waals surface area contributed by atoms with Crippen LogP contribution in [-0.2, 0) is 0 Å². The Balaban J connectivity index is 1.59. The maximum Gasteiger partial charge on any atom is 0.148 e. The van der Waals surface area contributed by atoms with Crippen molar-refractivity contribution in [2.75, 3.05) is 37.6 Å². The van der Waals surface area contributed by atoms with Crippen molar-refractivity contribution in [1.82, 2.24) is 9.88 Å².